The molecule has 336 valence electrons. The number of pyridine rings is 1. The van der Waals surface area contributed by atoms with Crippen molar-refractivity contribution in [3.05, 3.63) is 108 Å². The van der Waals surface area contributed by atoms with Crippen molar-refractivity contribution >= 4 is 46.3 Å². The second-order valence-corrected chi connectivity index (χ2v) is 16.8. The normalized spacial score (nSPS) is 20.7. The van der Waals surface area contributed by atoms with Crippen LogP contribution >= 0.6 is 0 Å². The highest BCUT2D eigenvalue weighted by molar-refractivity contribution is 5.98. The Bertz CT molecular complexity index is 2420. The van der Waals surface area contributed by atoms with E-state index in [-0.39, 0.29) is 43.2 Å². The lowest BCUT2D eigenvalue weighted by molar-refractivity contribution is -0.135. The molecule has 1 fully saturated rings. The summed E-state index contributed by atoms with van der Waals surface area (Å²) >= 11 is 0. The van der Waals surface area contributed by atoms with Crippen LogP contribution in [0.4, 0.5) is 0 Å². The fraction of sp³-hybridized carbons (Fsp3) is 0.383. The van der Waals surface area contributed by atoms with Gasteiger partial charge in [0.25, 0.3) is 5.91 Å². The van der Waals surface area contributed by atoms with E-state index in [0.29, 0.717) is 22.8 Å². The predicted octanol–water partition coefficient (Wildman–Crippen LogP) is 3.12. The predicted molar refractivity (Wildman–Crippen MR) is 239 cm³/mol. The third-order valence-electron chi connectivity index (χ3n) is 11.0. The number of nitrogens with zero attached hydrogens (tertiary/aromatic N) is 4. The molecule has 17 heteroatoms. The maximum atomic E-state index is 14.5. The van der Waals surface area contributed by atoms with Gasteiger partial charge in [-0.1, -0.05) is 64.1 Å². The topological polar surface area (TPSA) is 229 Å². The summed E-state index contributed by atoms with van der Waals surface area (Å²) in [7, 11) is 1.54. The average Bonchev–Trinajstić information content (AvgIpc) is 3.69. The van der Waals surface area contributed by atoms with Gasteiger partial charge in [-0.3, -0.25) is 33.8 Å². The number of benzene rings is 2. The molecule has 2 aromatic carbocycles. The second kappa shape index (κ2) is 21.3. The third kappa shape index (κ3) is 12.0. The molecule has 0 unspecified atom stereocenters. The molecule has 4 heterocycles. The zero-order valence-corrected chi connectivity index (χ0v) is 36.9. The largest absolute Gasteiger partial charge is 0.497 e. The molecule has 0 radical (unpaired) electrons. The van der Waals surface area contributed by atoms with Crippen LogP contribution in [-0.2, 0) is 36.8 Å². The number of nitrogens with one attached hydrogen (secondary N) is 6. The molecule has 6 rings (SSSR count). The van der Waals surface area contributed by atoms with Crippen LogP contribution in [0.25, 0.3) is 22.4 Å². The van der Waals surface area contributed by atoms with Gasteiger partial charge in [0.1, 0.15) is 35.6 Å². The van der Waals surface area contributed by atoms with Crippen molar-refractivity contribution in [3.8, 4) is 17.3 Å². The zero-order valence-electron chi connectivity index (χ0n) is 36.9. The van der Waals surface area contributed by atoms with Gasteiger partial charge in [-0.25, -0.2) is 9.97 Å². The van der Waals surface area contributed by atoms with E-state index in [0.717, 1.165) is 16.5 Å². The minimum atomic E-state index is -1.22. The molecule has 6 N–H and O–H groups in total. The average molecular weight is 873 g/mol. The summed E-state index contributed by atoms with van der Waals surface area (Å²) in [4.78, 5) is 103. The summed E-state index contributed by atoms with van der Waals surface area (Å²) in [6.45, 7) is 8.35. The highest BCUT2D eigenvalue weighted by Crippen LogP contribution is 2.21. The number of amides is 6. The first-order valence-corrected chi connectivity index (χ1v) is 21.4. The van der Waals surface area contributed by atoms with Crippen molar-refractivity contribution in [2.45, 2.75) is 84.1 Å². The standard InChI is InChI=1S/C47H56N10O7/c1-27(2)19-37-45(61)55-38(20-30-14-16-33(64-6)17-15-30)44(60)52-29(5)43(59)56-40(28(3)4)25-57(47(63)32-23-50-42(51-24-32)36-13-9-10-18-48-36)26-41(58)53-39(46(62)54-37)21-31-22-49-35-12-8-7-11-34(31)35/h7-18,22-24,27-29,37-40,49H,19-21,25-26H2,1-6H3,(H,52,60)(H,53,58)(H,54,62)(H,55,61)(H,56,59)/t29-,37+,38+,39-,40-/m1/s1. The van der Waals surface area contributed by atoms with Gasteiger partial charge in [0.15, 0.2) is 5.82 Å². The Labute approximate surface area is 371 Å². The van der Waals surface area contributed by atoms with Gasteiger partial charge in [-0.15, -0.1) is 0 Å². The molecular weight excluding hydrogens is 817 g/mol. The van der Waals surface area contributed by atoms with E-state index in [4.69, 9.17) is 4.74 Å². The summed E-state index contributed by atoms with van der Waals surface area (Å²) in [5.41, 5.74) is 2.83. The summed E-state index contributed by atoms with van der Waals surface area (Å²) in [6.07, 6.45) is 6.33. The van der Waals surface area contributed by atoms with Gasteiger partial charge in [0, 0.05) is 61.1 Å². The Morgan fingerprint density at radius 1 is 0.750 bits per heavy atom. The first kappa shape index (κ1) is 46.3. The quantitative estimate of drug-likeness (QED) is 0.120. The maximum absolute atomic E-state index is 14.5. The van der Waals surface area contributed by atoms with Gasteiger partial charge in [-0.2, -0.15) is 0 Å². The Morgan fingerprint density at radius 3 is 2.08 bits per heavy atom. The lowest BCUT2D eigenvalue weighted by Crippen LogP contribution is -2.60. The van der Waals surface area contributed by atoms with E-state index in [9.17, 15) is 28.8 Å². The molecule has 0 saturated carbocycles. The summed E-state index contributed by atoms with van der Waals surface area (Å²) in [5.74, 6) is -3.17. The highest BCUT2D eigenvalue weighted by atomic mass is 16.5. The van der Waals surface area contributed by atoms with E-state index in [2.05, 4.69) is 46.5 Å². The van der Waals surface area contributed by atoms with Crippen LogP contribution < -0.4 is 31.3 Å². The number of rotatable bonds is 10. The van der Waals surface area contributed by atoms with E-state index in [1.807, 2.05) is 52.0 Å². The minimum absolute atomic E-state index is 0.0272. The van der Waals surface area contributed by atoms with Crippen LogP contribution in [0.15, 0.2) is 91.5 Å². The van der Waals surface area contributed by atoms with E-state index >= 15 is 0 Å². The molecule has 1 saturated heterocycles. The number of carbonyl (C=O) groups excluding carboxylic acids is 6. The van der Waals surface area contributed by atoms with Gasteiger partial charge >= 0.3 is 0 Å². The summed E-state index contributed by atoms with van der Waals surface area (Å²) in [6, 6.07) is 14.5. The van der Waals surface area contributed by atoms with Crippen LogP contribution in [0.2, 0.25) is 0 Å². The molecule has 3 aromatic heterocycles. The number of hydrogen-bond acceptors (Lipinski definition) is 10. The van der Waals surface area contributed by atoms with Crippen LogP contribution in [0.3, 0.4) is 0 Å². The lowest BCUT2D eigenvalue weighted by atomic mass is 9.99. The molecular formula is C47H56N10O7. The molecule has 64 heavy (non-hydrogen) atoms. The SMILES string of the molecule is COc1ccc(C[C@@H]2NC(=O)[C@H](CC(C)C)NC(=O)[C@@H](Cc3c[nH]c4ccccc34)NC(=O)CN(C(=O)c3cnc(-c4ccccn4)nc3)C[C@H](C(C)C)NC(=O)[C@@H](C)NC2=O)cc1. The molecule has 0 spiro atoms. The second-order valence-electron chi connectivity index (χ2n) is 16.8. The van der Waals surface area contributed by atoms with Crippen molar-refractivity contribution in [3.63, 3.8) is 0 Å². The Kier molecular flexibility index (Phi) is 15.4. The van der Waals surface area contributed by atoms with Crippen LogP contribution in [-0.4, -0.2) is 111 Å². The smallest absolute Gasteiger partial charge is 0.257 e. The van der Waals surface area contributed by atoms with Crippen LogP contribution in [0.1, 0.15) is 62.5 Å². The number of aromatic nitrogens is 4. The van der Waals surface area contributed by atoms with E-state index in [1.165, 1.54) is 31.3 Å². The minimum Gasteiger partial charge on any atom is -0.497 e. The van der Waals surface area contributed by atoms with Crippen molar-refractivity contribution in [2.24, 2.45) is 11.8 Å². The monoisotopic (exact) mass is 872 g/mol. The Morgan fingerprint density at radius 2 is 1.41 bits per heavy atom. The number of H-pyrrole nitrogens is 1. The molecule has 5 aromatic rings. The number of ether oxygens (including phenoxy) is 1. The van der Waals surface area contributed by atoms with Gasteiger partial charge in [0.2, 0.25) is 29.5 Å². The molecule has 0 bridgehead atoms. The third-order valence-corrected chi connectivity index (χ3v) is 11.0. The highest BCUT2D eigenvalue weighted by Gasteiger charge is 2.34. The van der Waals surface area contributed by atoms with Gasteiger partial charge < -0.3 is 41.2 Å². The molecule has 0 aliphatic carbocycles. The Hall–Kier alpha value is -7.17. The molecule has 17 nitrogen and oxygen atoms in total. The molecule has 1 aliphatic heterocycles. The number of carbonyl (C=O) groups is 6. The Balaban J connectivity index is 1.37. The zero-order chi connectivity index (χ0) is 45.9. The van der Waals surface area contributed by atoms with Crippen LogP contribution in [0.5, 0.6) is 5.75 Å². The van der Waals surface area contributed by atoms with E-state index in [1.54, 1.807) is 54.9 Å². The molecule has 1 aliphatic rings. The first-order valence-electron chi connectivity index (χ1n) is 21.4. The number of hydrogen-bond donors (Lipinski definition) is 6. The molecule has 5 atom stereocenters. The van der Waals surface area contributed by atoms with Crippen molar-refractivity contribution < 1.29 is 33.5 Å². The van der Waals surface area contributed by atoms with Gasteiger partial charge in [0.05, 0.1) is 19.2 Å². The summed E-state index contributed by atoms with van der Waals surface area (Å²) in [5, 5.41) is 15.1. The fourth-order valence-electron chi connectivity index (χ4n) is 7.41. The van der Waals surface area contributed by atoms with E-state index < -0.39 is 72.2 Å². The first-order chi connectivity index (χ1) is 30.7. The number of fused-ring (bicyclic) bond motifs is 1. The fourth-order valence-corrected chi connectivity index (χ4v) is 7.41. The number of para-hydroxylation sites is 1. The van der Waals surface area contributed by atoms with Gasteiger partial charge in [-0.05, 0) is 66.6 Å². The van der Waals surface area contributed by atoms with Crippen molar-refractivity contribution in [1.29, 1.82) is 0 Å². The lowest BCUT2D eigenvalue weighted by Gasteiger charge is -2.32. The summed E-state index contributed by atoms with van der Waals surface area (Å²) < 4.78 is 5.30. The van der Waals surface area contributed by atoms with Crippen LogP contribution in [0, 0.1) is 11.8 Å². The molecule has 6 amide bonds. The maximum Gasteiger partial charge on any atom is 0.257 e. The number of aromatic amines is 1. The van der Waals surface area contributed by atoms with Crippen molar-refractivity contribution in [2.75, 3.05) is 20.2 Å². The van der Waals surface area contributed by atoms with Crippen molar-refractivity contribution in [1.82, 2.24) is 51.4 Å². The number of methoxy groups -OCH3 is 1.